The van der Waals surface area contributed by atoms with Crippen molar-refractivity contribution in [2.45, 2.75) is 32.9 Å². The number of nitrogens with one attached hydrogen (secondary N) is 2. The van der Waals surface area contributed by atoms with Crippen LogP contribution in [0.5, 0.6) is 11.6 Å². The summed E-state index contributed by atoms with van der Waals surface area (Å²) in [6.07, 6.45) is 1.33. The maximum atomic E-state index is 12.6. The quantitative estimate of drug-likeness (QED) is 0.631. The minimum atomic E-state index is -0.411. The van der Waals surface area contributed by atoms with Gasteiger partial charge in [-0.3, -0.25) is 4.79 Å². The van der Waals surface area contributed by atoms with Gasteiger partial charge in [0.25, 0.3) is 5.56 Å². The number of aromatic nitrogens is 3. The van der Waals surface area contributed by atoms with E-state index in [0.29, 0.717) is 21.9 Å². The molecule has 0 aliphatic rings. The van der Waals surface area contributed by atoms with E-state index in [1.165, 1.54) is 13.3 Å². The third kappa shape index (κ3) is 4.41. The summed E-state index contributed by atoms with van der Waals surface area (Å²) in [6.45, 7) is 5.61. The number of H-pyrrole nitrogens is 1. The summed E-state index contributed by atoms with van der Waals surface area (Å²) >= 11 is 6.32. The van der Waals surface area contributed by atoms with Crippen molar-refractivity contribution in [1.82, 2.24) is 15.0 Å². The summed E-state index contributed by atoms with van der Waals surface area (Å²) in [7, 11) is 1.42. The fourth-order valence-electron chi connectivity index (χ4n) is 2.83. The van der Waals surface area contributed by atoms with Gasteiger partial charge in [0.2, 0.25) is 11.8 Å². The van der Waals surface area contributed by atoms with Gasteiger partial charge in [0, 0.05) is 17.0 Å². The van der Waals surface area contributed by atoms with E-state index < -0.39 is 6.04 Å². The van der Waals surface area contributed by atoms with Gasteiger partial charge in [0.15, 0.2) is 0 Å². The van der Waals surface area contributed by atoms with E-state index in [-0.39, 0.29) is 29.1 Å². The summed E-state index contributed by atoms with van der Waals surface area (Å²) in [5, 5.41) is 13.3. The Labute approximate surface area is 172 Å². The van der Waals surface area contributed by atoms with E-state index in [2.05, 4.69) is 20.3 Å². The van der Waals surface area contributed by atoms with E-state index in [1.54, 1.807) is 18.2 Å². The Morgan fingerprint density at radius 2 is 2.03 bits per heavy atom. The third-order valence-electron chi connectivity index (χ3n) is 4.17. The highest BCUT2D eigenvalue weighted by molar-refractivity contribution is 6.32. The first-order valence-corrected chi connectivity index (χ1v) is 9.31. The highest BCUT2D eigenvalue weighted by Gasteiger charge is 2.16. The number of halogens is 1. The second kappa shape index (κ2) is 8.37. The summed E-state index contributed by atoms with van der Waals surface area (Å²) < 4.78 is 10.8. The van der Waals surface area contributed by atoms with Crippen molar-refractivity contribution in [2.24, 2.45) is 0 Å². The number of aromatic amines is 1. The van der Waals surface area contributed by atoms with Crippen LogP contribution >= 0.6 is 11.6 Å². The molecule has 3 aromatic rings. The molecule has 1 aromatic carbocycles. The van der Waals surface area contributed by atoms with E-state index in [4.69, 9.17) is 26.3 Å². The third-order valence-corrected chi connectivity index (χ3v) is 4.46. The van der Waals surface area contributed by atoms with Gasteiger partial charge in [0.1, 0.15) is 17.4 Å². The lowest BCUT2D eigenvalue weighted by Crippen LogP contribution is -2.20. The van der Waals surface area contributed by atoms with E-state index >= 15 is 0 Å². The zero-order chi connectivity index (χ0) is 21.1. The topological polar surface area (TPSA) is 113 Å². The molecule has 9 heteroatoms. The van der Waals surface area contributed by atoms with Crippen LogP contribution in [0.25, 0.3) is 10.9 Å². The zero-order valence-electron chi connectivity index (χ0n) is 16.4. The zero-order valence-corrected chi connectivity index (χ0v) is 17.2. The maximum absolute atomic E-state index is 12.6. The lowest BCUT2D eigenvalue weighted by atomic mass is 10.1. The number of anilines is 1. The van der Waals surface area contributed by atoms with Gasteiger partial charge in [-0.15, -0.1) is 0 Å². The number of ether oxygens (including phenoxy) is 2. The second-order valence-corrected chi connectivity index (χ2v) is 7.09. The number of nitriles is 1. The highest BCUT2D eigenvalue weighted by atomic mass is 35.5. The Bertz CT molecular complexity index is 1150. The molecule has 0 saturated carbocycles. The van der Waals surface area contributed by atoms with Gasteiger partial charge in [-0.1, -0.05) is 11.6 Å². The van der Waals surface area contributed by atoms with Crippen molar-refractivity contribution in [1.29, 1.82) is 5.26 Å². The van der Waals surface area contributed by atoms with Crippen LogP contribution in [0, 0.1) is 11.3 Å². The Kier molecular flexibility index (Phi) is 5.89. The monoisotopic (exact) mass is 413 g/mol. The minimum absolute atomic E-state index is 0.0374. The van der Waals surface area contributed by atoms with E-state index in [1.807, 2.05) is 26.8 Å². The van der Waals surface area contributed by atoms with Gasteiger partial charge < -0.3 is 19.8 Å². The van der Waals surface area contributed by atoms with Crippen LogP contribution in [0.1, 0.15) is 37.9 Å². The molecule has 29 heavy (non-hydrogen) atoms. The molecule has 0 fully saturated rings. The number of benzene rings is 1. The smallest absolute Gasteiger partial charge is 0.253 e. The van der Waals surface area contributed by atoms with Crippen molar-refractivity contribution in [3.05, 3.63) is 50.9 Å². The van der Waals surface area contributed by atoms with Crippen molar-refractivity contribution >= 4 is 28.5 Å². The molecule has 8 nitrogen and oxygen atoms in total. The van der Waals surface area contributed by atoms with Crippen LogP contribution in [0.3, 0.4) is 0 Å². The predicted molar refractivity (Wildman–Crippen MR) is 111 cm³/mol. The first kappa shape index (κ1) is 20.4. The Balaban J connectivity index is 1.94. The van der Waals surface area contributed by atoms with Crippen LogP contribution < -0.4 is 20.3 Å². The lowest BCUT2D eigenvalue weighted by Gasteiger charge is -2.16. The second-order valence-electron chi connectivity index (χ2n) is 6.68. The van der Waals surface area contributed by atoms with Crippen LogP contribution in [-0.2, 0) is 0 Å². The average molecular weight is 414 g/mol. The molecular weight excluding hydrogens is 394 g/mol. The fourth-order valence-corrected chi connectivity index (χ4v) is 3.05. The van der Waals surface area contributed by atoms with Crippen LogP contribution in [0.4, 0.5) is 5.95 Å². The summed E-state index contributed by atoms with van der Waals surface area (Å²) in [5.74, 6) is 0.919. The average Bonchev–Trinajstić information content (AvgIpc) is 2.68. The predicted octanol–water partition coefficient (Wildman–Crippen LogP) is 3.81. The highest BCUT2D eigenvalue weighted by Crippen LogP contribution is 2.30. The molecule has 2 heterocycles. The summed E-state index contributed by atoms with van der Waals surface area (Å²) in [4.78, 5) is 23.7. The number of nitrogens with zero attached hydrogens (tertiary/aromatic N) is 3. The molecule has 150 valence electrons. The van der Waals surface area contributed by atoms with Gasteiger partial charge in [-0.2, -0.15) is 10.2 Å². The Morgan fingerprint density at radius 1 is 1.28 bits per heavy atom. The molecule has 1 unspecified atom stereocenters. The molecule has 0 bridgehead atoms. The van der Waals surface area contributed by atoms with Gasteiger partial charge in [0.05, 0.1) is 36.0 Å². The van der Waals surface area contributed by atoms with Gasteiger partial charge in [-0.25, -0.2) is 4.98 Å². The van der Waals surface area contributed by atoms with Crippen LogP contribution in [0.15, 0.2) is 29.2 Å². The molecule has 3 rings (SSSR count). The fraction of sp³-hybridized carbons (Fsp3) is 0.300. The first-order valence-electron chi connectivity index (χ1n) is 8.93. The number of methoxy groups -OCH3 is 1. The largest absolute Gasteiger partial charge is 0.489 e. The number of hydrogen-bond donors (Lipinski definition) is 2. The van der Waals surface area contributed by atoms with Gasteiger partial charge in [-0.05, 0) is 32.9 Å². The SMILES string of the molecule is COc1nc(NC(C)c2cc3cc(Cl)c(OC(C)C)cc3[nH]c2=O)ncc1C#N. The molecule has 0 saturated heterocycles. The van der Waals surface area contributed by atoms with Crippen molar-refractivity contribution in [3.63, 3.8) is 0 Å². The molecule has 2 N–H and O–H groups in total. The van der Waals surface area contributed by atoms with Crippen molar-refractivity contribution in [3.8, 4) is 17.7 Å². The number of rotatable bonds is 6. The van der Waals surface area contributed by atoms with Gasteiger partial charge >= 0.3 is 0 Å². The van der Waals surface area contributed by atoms with Crippen molar-refractivity contribution < 1.29 is 9.47 Å². The molecule has 0 aliphatic heterocycles. The summed E-state index contributed by atoms with van der Waals surface area (Å²) in [6, 6.07) is 6.77. The Morgan fingerprint density at radius 3 is 2.69 bits per heavy atom. The lowest BCUT2D eigenvalue weighted by molar-refractivity contribution is 0.243. The van der Waals surface area contributed by atoms with Crippen molar-refractivity contribution in [2.75, 3.05) is 12.4 Å². The number of pyridine rings is 1. The Hall–Kier alpha value is -3.31. The van der Waals surface area contributed by atoms with Crippen LogP contribution in [-0.4, -0.2) is 28.2 Å². The summed E-state index contributed by atoms with van der Waals surface area (Å²) in [5.41, 5.74) is 1.08. The molecule has 0 spiro atoms. The van der Waals surface area contributed by atoms with Crippen LogP contribution in [0.2, 0.25) is 5.02 Å². The standard InChI is InChI=1S/C20H20ClN5O3/c1-10(2)29-17-7-16-12(6-15(17)21)5-14(18(27)25-16)11(3)24-20-23-9-13(8-22)19(26-20)28-4/h5-7,9-11H,1-4H3,(H,25,27)(H,23,24,26). The number of hydrogen-bond acceptors (Lipinski definition) is 7. The normalized spacial score (nSPS) is 11.9. The van der Waals surface area contributed by atoms with E-state index in [0.717, 1.165) is 5.39 Å². The minimum Gasteiger partial charge on any atom is -0.489 e. The molecular formula is C20H20ClN5O3. The molecule has 0 amide bonds. The number of fused-ring (bicyclic) bond motifs is 1. The molecule has 2 aromatic heterocycles. The maximum Gasteiger partial charge on any atom is 0.253 e. The molecule has 1 atom stereocenters. The molecule has 0 radical (unpaired) electrons. The first-order chi connectivity index (χ1) is 13.8. The van der Waals surface area contributed by atoms with E-state index in [9.17, 15) is 4.79 Å². The molecule has 0 aliphatic carbocycles.